The van der Waals surface area contributed by atoms with Gasteiger partial charge in [-0.1, -0.05) is 18.2 Å². The van der Waals surface area contributed by atoms with Crippen molar-refractivity contribution in [1.29, 1.82) is 5.26 Å². The fourth-order valence-electron chi connectivity index (χ4n) is 3.09. The fourth-order valence-corrected chi connectivity index (χ4v) is 3.09. The third-order valence-corrected chi connectivity index (χ3v) is 4.34. The van der Waals surface area contributed by atoms with Crippen molar-refractivity contribution in [3.8, 4) is 17.6 Å². The Morgan fingerprint density at radius 3 is 2.96 bits per heavy atom. The summed E-state index contributed by atoms with van der Waals surface area (Å²) < 4.78 is 12.6. The number of rotatable bonds is 5. The summed E-state index contributed by atoms with van der Waals surface area (Å²) in [6.45, 7) is 0.816. The lowest BCUT2D eigenvalue weighted by atomic mass is 10.1. The van der Waals surface area contributed by atoms with Gasteiger partial charge in [-0.05, 0) is 24.3 Å². The van der Waals surface area contributed by atoms with Gasteiger partial charge in [0.25, 0.3) is 0 Å². The predicted octanol–water partition coefficient (Wildman–Crippen LogP) is 3.94. The van der Waals surface area contributed by atoms with Crippen LogP contribution >= 0.6 is 0 Å². The molecule has 0 unspecified atom stereocenters. The molecule has 0 saturated carbocycles. The van der Waals surface area contributed by atoms with Gasteiger partial charge >= 0.3 is 0 Å². The Morgan fingerprint density at radius 1 is 1.22 bits per heavy atom. The highest BCUT2D eigenvalue weighted by Gasteiger charge is 2.13. The molecule has 27 heavy (non-hydrogen) atoms. The molecule has 6 nitrogen and oxygen atoms in total. The highest BCUT2D eigenvalue weighted by atomic mass is 16.7. The molecule has 1 N–H and O–H groups in total. The second kappa shape index (κ2) is 7.26. The van der Waals surface area contributed by atoms with E-state index in [0.29, 0.717) is 30.2 Å². The number of carbonyl (C=O) groups excluding carboxylic acids is 1. The average molecular weight is 359 g/mol. The topological polar surface area (TPSA) is 76.3 Å². The van der Waals surface area contributed by atoms with E-state index in [4.69, 9.17) is 14.7 Å². The molecule has 0 fully saturated rings. The number of hydrogen-bond donors (Lipinski definition) is 1. The molecule has 4 rings (SSSR count). The second-order valence-electron chi connectivity index (χ2n) is 6.09. The molecule has 1 amide bonds. The zero-order valence-corrected chi connectivity index (χ0v) is 14.5. The maximum atomic E-state index is 12.3. The Bertz CT molecular complexity index is 1080. The van der Waals surface area contributed by atoms with Gasteiger partial charge in [0.2, 0.25) is 12.7 Å². The number of nitrogens with zero attached hydrogens (tertiary/aromatic N) is 2. The van der Waals surface area contributed by atoms with E-state index in [1.54, 1.807) is 24.3 Å². The van der Waals surface area contributed by atoms with Crippen molar-refractivity contribution < 1.29 is 14.3 Å². The van der Waals surface area contributed by atoms with Crippen molar-refractivity contribution in [3.05, 3.63) is 60.3 Å². The zero-order valence-electron chi connectivity index (χ0n) is 14.5. The largest absolute Gasteiger partial charge is 0.454 e. The van der Waals surface area contributed by atoms with Crippen molar-refractivity contribution in [2.45, 2.75) is 13.0 Å². The molecule has 6 heteroatoms. The molecule has 1 aliphatic rings. The molecule has 0 atom stereocenters. The van der Waals surface area contributed by atoms with Crippen LogP contribution < -0.4 is 14.8 Å². The van der Waals surface area contributed by atoms with Gasteiger partial charge in [0.15, 0.2) is 11.5 Å². The van der Waals surface area contributed by atoms with Gasteiger partial charge in [0, 0.05) is 47.0 Å². The van der Waals surface area contributed by atoms with E-state index in [0.717, 1.165) is 16.5 Å². The van der Waals surface area contributed by atoms with Gasteiger partial charge in [-0.15, -0.1) is 0 Å². The van der Waals surface area contributed by atoms with Crippen molar-refractivity contribution in [1.82, 2.24) is 4.57 Å². The maximum Gasteiger partial charge on any atom is 0.248 e. The number of carbonyl (C=O) groups is 1. The summed E-state index contributed by atoms with van der Waals surface area (Å²) in [5.41, 5.74) is 2.62. The highest BCUT2D eigenvalue weighted by Crippen LogP contribution is 2.34. The summed E-state index contributed by atoms with van der Waals surface area (Å²) in [5.74, 6) is 1.06. The first-order valence-corrected chi connectivity index (χ1v) is 8.58. The number of fused-ring (bicyclic) bond motifs is 2. The van der Waals surface area contributed by atoms with Crippen LogP contribution in [0.15, 0.2) is 54.7 Å². The summed E-state index contributed by atoms with van der Waals surface area (Å²) in [6, 6.07) is 15.4. The smallest absolute Gasteiger partial charge is 0.248 e. The number of hydrogen-bond acceptors (Lipinski definition) is 4. The molecule has 0 bridgehead atoms. The molecule has 0 radical (unpaired) electrons. The van der Waals surface area contributed by atoms with Crippen LogP contribution in [0.2, 0.25) is 0 Å². The third kappa shape index (κ3) is 3.48. The monoisotopic (exact) mass is 359 g/mol. The van der Waals surface area contributed by atoms with Gasteiger partial charge in [0.05, 0.1) is 12.5 Å². The standard InChI is InChI=1S/C21H17N3O3/c22-10-3-11-24-13-15(17-4-1-2-5-18(17)24)6-9-21(25)23-16-7-8-19-20(12-16)27-14-26-19/h1-2,4-9,12-13H,3,11,14H2,(H,23,25)/b9-6+. The molecular weight excluding hydrogens is 342 g/mol. The maximum absolute atomic E-state index is 12.3. The van der Waals surface area contributed by atoms with Crippen LogP contribution in [-0.2, 0) is 11.3 Å². The number of amides is 1. The van der Waals surface area contributed by atoms with Gasteiger partial charge in [-0.25, -0.2) is 0 Å². The molecule has 1 aliphatic heterocycles. The van der Waals surface area contributed by atoms with Crippen LogP contribution in [0.1, 0.15) is 12.0 Å². The van der Waals surface area contributed by atoms with Crippen molar-refractivity contribution >= 4 is 28.6 Å². The van der Waals surface area contributed by atoms with Crippen LogP contribution in [0.4, 0.5) is 5.69 Å². The molecule has 1 aromatic heterocycles. The molecule has 134 valence electrons. The van der Waals surface area contributed by atoms with E-state index in [9.17, 15) is 4.79 Å². The summed E-state index contributed by atoms with van der Waals surface area (Å²) in [6.07, 6.45) is 5.69. The molecule has 2 aromatic carbocycles. The molecule has 0 spiro atoms. The van der Waals surface area contributed by atoms with Crippen LogP contribution in [-0.4, -0.2) is 17.3 Å². The van der Waals surface area contributed by atoms with Crippen molar-refractivity contribution in [2.24, 2.45) is 0 Å². The van der Waals surface area contributed by atoms with E-state index in [1.165, 1.54) is 6.08 Å². The van der Waals surface area contributed by atoms with E-state index in [2.05, 4.69) is 11.4 Å². The number of anilines is 1. The van der Waals surface area contributed by atoms with Gasteiger partial charge in [0.1, 0.15) is 0 Å². The number of nitriles is 1. The summed E-state index contributed by atoms with van der Waals surface area (Å²) >= 11 is 0. The normalized spacial score (nSPS) is 12.4. The fraction of sp³-hybridized carbons (Fsp3) is 0.143. The number of benzene rings is 2. The van der Waals surface area contributed by atoms with Crippen molar-refractivity contribution in [2.75, 3.05) is 12.1 Å². The minimum atomic E-state index is -0.234. The van der Waals surface area contributed by atoms with E-state index in [-0.39, 0.29) is 12.7 Å². The first-order valence-electron chi connectivity index (χ1n) is 8.58. The van der Waals surface area contributed by atoms with Gasteiger partial charge < -0.3 is 19.4 Å². The Kier molecular flexibility index (Phi) is 4.50. The number of ether oxygens (including phenoxy) is 2. The molecule has 0 saturated heterocycles. The zero-order chi connectivity index (χ0) is 18.6. The lowest BCUT2D eigenvalue weighted by Gasteiger charge is -2.03. The third-order valence-electron chi connectivity index (χ3n) is 4.34. The van der Waals surface area contributed by atoms with E-state index < -0.39 is 0 Å². The van der Waals surface area contributed by atoms with Crippen LogP contribution in [0.5, 0.6) is 11.5 Å². The van der Waals surface area contributed by atoms with Crippen LogP contribution in [0, 0.1) is 11.3 Å². The van der Waals surface area contributed by atoms with Crippen LogP contribution in [0.25, 0.3) is 17.0 Å². The Balaban J connectivity index is 1.52. The van der Waals surface area contributed by atoms with E-state index in [1.807, 2.05) is 35.0 Å². The summed E-state index contributed by atoms with van der Waals surface area (Å²) in [5, 5.41) is 12.7. The summed E-state index contributed by atoms with van der Waals surface area (Å²) in [4.78, 5) is 12.3. The number of aromatic nitrogens is 1. The lowest BCUT2D eigenvalue weighted by molar-refractivity contribution is -0.111. The highest BCUT2D eigenvalue weighted by molar-refractivity contribution is 6.03. The lowest BCUT2D eigenvalue weighted by Crippen LogP contribution is -2.07. The van der Waals surface area contributed by atoms with Gasteiger partial charge in [-0.2, -0.15) is 5.26 Å². The number of para-hydroxylation sites is 1. The van der Waals surface area contributed by atoms with E-state index >= 15 is 0 Å². The molecule has 0 aliphatic carbocycles. The minimum Gasteiger partial charge on any atom is -0.454 e. The Labute approximate surface area is 156 Å². The first kappa shape index (κ1) is 16.7. The minimum absolute atomic E-state index is 0.197. The Morgan fingerprint density at radius 2 is 2.07 bits per heavy atom. The number of nitrogens with one attached hydrogen (secondary N) is 1. The first-order chi connectivity index (χ1) is 13.2. The van der Waals surface area contributed by atoms with Crippen LogP contribution in [0.3, 0.4) is 0 Å². The second-order valence-corrected chi connectivity index (χ2v) is 6.09. The molecule has 3 aromatic rings. The van der Waals surface area contributed by atoms with Gasteiger partial charge in [-0.3, -0.25) is 4.79 Å². The average Bonchev–Trinajstić information content (AvgIpc) is 3.29. The molecular formula is C21H17N3O3. The number of aryl methyl sites for hydroxylation is 1. The SMILES string of the molecule is N#CCCn1cc(/C=C/C(=O)Nc2ccc3c(c2)OCO3)c2ccccc21. The van der Waals surface area contributed by atoms with Crippen molar-refractivity contribution in [3.63, 3.8) is 0 Å². The summed E-state index contributed by atoms with van der Waals surface area (Å²) in [7, 11) is 0. The quantitative estimate of drug-likeness (QED) is 0.700. The molecule has 2 heterocycles. The Hall–Kier alpha value is -3.72. The predicted molar refractivity (Wildman–Crippen MR) is 102 cm³/mol.